The molecule has 3 N–H and O–H groups in total. The lowest BCUT2D eigenvalue weighted by molar-refractivity contribution is 0.475. The lowest BCUT2D eigenvalue weighted by Crippen LogP contribution is -1.89. The Bertz CT molecular complexity index is 1450. The molecule has 0 aliphatic carbocycles. The van der Waals surface area contributed by atoms with Crippen molar-refractivity contribution in [3.05, 3.63) is 121 Å². The summed E-state index contributed by atoms with van der Waals surface area (Å²) >= 11 is 0. The van der Waals surface area contributed by atoms with Gasteiger partial charge in [-0.05, 0) is 87.8 Å². The third kappa shape index (κ3) is 4.37. The van der Waals surface area contributed by atoms with Gasteiger partial charge in [0.05, 0.1) is 0 Å². The van der Waals surface area contributed by atoms with Crippen LogP contribution in [0.15, 0.2) is 115 Å². The molecule has 5 aromatic rings. The lowest BCUT2D eigenvalue weighted by Gasteiger charge is -2.14. The molecule has 0 atom stereocenters. The number of nitrogens with two attached hydrogens (primary N) is 1. The van der Waals surface area contributed by atoms with Gasteiger partial charge in [-0.2, -0.15) is 0 Å². The second-order valence-electron chi connectivity index (χ2n) is 8.39. The molecule has 0 spiro atoms. The van der Waals surface area contributed by atoms with Gasteiger partial charge in [0.15, 0.2) is 0 Å². The molecule has 0 aliphatic rings. The van der Waals surface area contributed by atoms with Crippen molar-refractivity contribution in [2.24, 2.45) is 0 Å². The van der Waals surface area contributed by atoms with Gasteiger partial charge in [0.1, 0.15) is 5.75 Å². The van der Waals surface area contributed by atoms with E-state index in [2.05, 4.69) is 79.7 Å². The van der Waals surface area contributed by atoms with Crippen molar-refractivity contribution in [3.8, 4) is 50.3 Å². The Morgan fingerprint density at radius 2 is 1.00 bits per heavy atom. The molecule has 0 fully saturated rings. The molecule has 0 aromatic heterocycles. The molecule has 0 unspecified atom stereocenters. The molecule has 0 amide bonds. The quantitative estimate of drug-likeness (QED) is 0.286. The van der Waals surface area contributed by atoms with Crippen molar-refractivity contribution in [2.75, 3.05) is 5.73 Å². The number of phenols is 1. The van der Waals surface area contributed by atoms with Crippen LogP contribution in [0.2, 0.25) is 0 Å². The van der Waals surface area contributed by atoms with Crippen molar-refractivity contribution < 1.29 is 5.11 Å². The second-order valence-corrected chi connectivity index (χ2v) is 8.39. The highest BCUT2D eigenvalue weighted by atomic mass is 16.3. The van der Waals surface area contributed by atoms with Gasteiger partial charge >= 0.3 is 0 Å². The van der Waals surface area contributed by atoms with Gasteiger partial charge in [0.25, 0.3) is 0 Å². The van der Waals surface area contributed by atoms with E-state index < -0.39 is 0 Å². The van der Waals surface area contributed by atoms with Crippen LogP contribution in [0.4, 0.5) is 5.69 Å². The van der Waals surface area contributed by atoms with Gasteiger partial charge in [0, 0.05) is 5.69 Å². The van der Waals surface area contributed by atoms with Crippen molar-refractivity contribution in [1.29, 1.82) is 0 Å². The van der Waals surface area contributed by atoms with Crippen LogP contribution >= 0.6 is 0 Å². The fourth-order valence-electron chi connectivity index (χ4n) is 4.28. The smallest absolute Gasteiger partial charge is 0.116 e. The van der Waals surface area contributed by atoms with E-state index in [4.69, 9.17) is 5.73 Å². The highest BCUT2D eigenvalue weighted by Gasteiger charge is 2.11. The molecular weight excluding hydrogens is 402 g/mol. The largest absolute Gasteiger partial charge is 0.508 e. The van der Waals surface area contributed by atoms with Crippen LogP contribution in [-0.2, 0) is 0 Å². The van der Waals surface area contributed by atoms with E-state index in [1.807, 2.05) is 30.3 Å². The average Bonchev–Trinajstić information content (AvgIpc) is 2.84. The zero-order chi connectivity index (χ0) is 22.8. The first-order chi connectivity index (χ1) is 16.1. The van der Waals surface area contributed by atoms with E-state index in [1.165, 1.54) is 16.7 Å². The van der Waals surface area contributed by atoms with Crippen molar-refractivity contribution >= 4 is 5.69 Å². The SMILES string of the molecule is Cc1ccc(-c2cccc(-c3cccc(N)c3)c2)c(-c2cccc(-c3cccc(O)c3)c2)c1. The Morgan fingerprint density at radius 1 is 0.485 bits per heavy atom. The molecule has 0 aliphatic heterocycles. The summed E-state index contributed by atoms with van der Waals surface area (Å²) in [7, 11) is 0. The fraction of sp³-hybridized carbons (Fsp3) is 0.0323. The lowest BCUT2D eigenvalue weighted by atomic mass is 9.90. The fourth-order valence-corrected chi connectivity index (χ4v) is 4.28. The zero-order valence-electron chi connectivity index (χ0n) is 18.5. The molecule has 0 bridgehead atoms. The standard InChI is InChI=1S/C31H25NO/c1-21-14-15-30(26-10-2-6-22(17-26)24-8-4-12-28(32)19-24)31(16-21)27-11-3-7-23(18-27)25-9-5-13-29(33)20-25/h2-20,33H,32H2,1H3. The summed E-state index contributed by atoms with van der Waals surface area (Å²) in [6, 6.07) is 39.1. The molecule has 0 saturated carbocycles. The maximum atomic E-state index is 9.92. The summed E-state index contributed by atoms with van der Waals surface area (Å²) in [6.45, 7) is 2.12. The minimum atomic E-state index is 0.271. The number of aromatic hydroxyl groups is 1. The Labute approximate surface area is 194 Å². The minimum absolute atomic E-state index is 0.271. The Morgan fingerprint density at radius 3 is 1.64 bits per heavy atom. The number of anilines is 1. The topological polar surface area (TPSA) is 46.2 Å². The first-order valence-corrected chi connectivity index (χ1v) is 11.0. The van der Waals surface area contributed by atoms with Crippen LogP contribution in [0.1, 0.15) is 5.56 Å². The van der Waals surface area contributed by atoms with Crippen LogP contribution in [0.5, 0.6) is 5.75 Å². The number of aryl methyl sites for hydroxylation is 1. The predicted molar refractivity (Wildman–Crippen MR) is 139 cm³/mol. The summed E-state index contributed by atoms with van der Waals surface area (Å²) in [5.41, 5.74) is 17.0. The van der Waals surface area contributed by atoms with Gasteiger partial charge in [-0.25, -0.2) is 0 Å². The summed E-state index contributed by atoms with van der Waals surface area (Å²) < 4.78 is 0. The van der Waals surface area contributed by atoms with Crippen LogP contribution in [0, 0.1) is 6.92 Å². The van der Waals surface area contributed by atoms with Gasteiger partial charge in [-0.3, -0.25) is 0 Å². The first kappa shape index (κ1) is 20.6. The monoisotopic (exact) mass is 427 g/mol. The second kappa shape index (κ2) is 8.68. The van der Waals surface area contributed by atoms with Crippen LogP contribution < -0.4 is 5.73 Å². The number of benzene rings is 5. The van der Waals surface area contributed by atoms with Gasteiger partial charge in [-0.1, -0.05) is 84.4 Å². The molecule has 2 heteroatoms. The third-order valence-electron chi connectivity index (χ3n) is 5.92. The summed E-state index contributed by atoms with van der Waals surface area (Å²) in [6.07, 6.45) is 0. The molecular formula is C31H25NO. The minimum Gasteiger partial charge on any atom is -0.508 e. The zero-order valence-corrected chi connectivity index (χ0v) is 18.5. The van der Waals surface area contributed by atoms with Crippen LogP contribution in [0.3, 0.4) is 0 Å². The highest BCUT2D eigenvalue weighted by molar-refractivity contribution is 5.87. The molecule has 0 radical (unpaired) electrons. The maximum absolute atomic E-state index is 9.92. The van der Waals surface area contributed by atoms with Crippen LogP contribution in [-0.4, -0.2) is 5.11 Å². The van der Waals surface area contributed by atoms with E-state index in [9.17, 15) is 5.11 Å². The van der Waals surface area contributed by atoms with Crippen molar-refractivity contribution in [2.45, 2.75) is 6.92 Å². The highest BCUT2D eigenvalue weighted by Crippen LogP contribution is 2.37. The van der Waals surface area contributed by atoms with Gasteiger partial charge < -0.3 is 10.8 Å². The molecule has 33 heavy (non-hydrogen) atoms. The predicted octanol–water partition coefficient (Wildman–Crippen LogP) is 7.95. The number of phenolic OH excluding ortho intramolecular Hbond substituents is 1. The van der Waals surface area contributed by atoms with E-state index in [1.54, 1.807) is 12.1 Å². The summed E-state index contributed by atoms with van der Waals surface area (Å²) in [5.74, 6) is 0.271. The average molecular weight is 428 g/mol. The van der Waals surface area contributed by atoms with Crippen molar-refractivity contribution in [1.82, 2.24) is 0 Å². The van der Waals surface area contributed by atoms with E-state index in [0.717, 1.165) is 39.1 Å². The molecule has 5 rings (SSSR count). The number of rotatable bonds is 4. The maximum Gasteiger partial charge on any atom is 0.116 e. The number of hydrogen-bond donors (Lipinski definition) is 2. The van der Waals surface area contributed by atoms with E-state index >= 15 is 0 Å². The van der Waals surface area contributed by atoms with Crippen molar-refractivity contribution in [3.63, 3.8) is 0 Å². The van der Waals surface area contributed by atoms with Crippen LogP contribution in [0.25, 0.3) is 44.5 Å². The summed E-state index contributed by atoms with van der Waals surface area (Å²) in [4.78, 5) is 0. The number of nitrogen functional groups attached to an aromatic ring is 1. The molecule has 160 valence electrons. The van der Waals surface area contributed by atoms with E-state index in [-0.39, 0.29) is 5.75 Å². The van der Waals surface area contributed by atoms with Gasteiger partial charge in [-0.15, -0.1) is 0 Å². The van der Waals surface area contributed by atoms with Gasteiger partial charge in [0.2, 0.25) is 0 Å². The Hall–Kier alpha value is -4.30. The molecule has 2 nitrogen and oxygen atoms in total. The Balaban J connectivity index is 1.62. The third-order valence-corrected chi connectivity index (χ3v) is 5.92. The molecule has 0 heterocycles. The Kier molecular flexibility index (Phi) is 5.42. The molecule has 0 saturated heterocycles. The van der Waals surface area contributed by atoms with E-state index in [0.29, 0.717) is 0 Å². The molecule has 5 aromatic carbocycles. The summed E-state index contributed by atoms with van der Waals surface area (Å²) in [5, 5.41) is 9.92. The normalized spacial score (nSPS) is 10.8. The first-order valence-electron chi connectivity index (χ1n) is 11.0. The number of hydrogen-bond acceptors (Lipinski definition) is 2.